The second kappa shape index (κ2) is 9.76. The highest BCUT2D eigenvalue weighted by atomic mass is 32.2. The first-order chi connectivity index (χ1) is 12.5. The number of nitro groups is 1. The Labute approximate surface area is 156 Å². The molecular weight excluding hydrogens is 355 g/mol. The molecule has 0 unspecified atom stereocenters. The highest BCUT2D eigenvalue weighted by Crippen LogP contribution is 2.17. The van der Waals surface area contributed by atoms with Crippen LogP contribution in [0, 0.1) is 15.9 Å². The molecule has 2 N–H and O–H groups in total. The molecule has 0 atom stereocenters. The van der Waals surface area contributed by atoms with Crippen molar-refractivity contribution in [1.82, 2.24) is 10.6 Å². The smallest absolute Gasteiger partial charge is 0.269 e. The predicted octanol–water partition coefficient (Wildman–Crippen LogP) is 3.46. The van der Waals surface area contributed by atoms with Crippen LogP contribution in [0.5, 0.6) is 0 Å². The quantitative estimate of drug-likeness (QED) is 0.335. The van der Waals surface area contributed by atoms with Crippen LogP contribution in [0.25, 0.3) is 0 Å². The summed E-state index contributed by atoms with van der Waals surface area (Å²) in [6, 6.07) is 11.2. The Hall–Kier alpha value is -2.61. The van der Waals surface area contributed by atoms with Crippen molar-refractivity contribution in [2.24, 2.45) is 4.99 Å². The molecule has 8 heteroatoms. The van der Waals surface area contributed by atoms with Gasteiger partial charge in [-0.1, -0.05) is 18.2 Å². The van der Waals surface area contributed by atoms with Crippen LogP contribution in [0.4, 0.5) is 10.1 Å². The van der Waals surface area contributed by atoms with Crippen LogP contribution in [-0.2, 0) is 18.8 Å². The molecule has 0 heterocycles. The Morgan fingerprint density at radius 1 is 1.19 bits per heavy atom. The van der Waals surface area contributed by atoms with Gasteiger partial charge < -0.3 is 10.6 Å². The monoisotopic (exact) mass is 376 g/mol. The molecule has 138 valence electrons. The fraction of sp³-hybridized carbons (Fsp3) is 0.278. The van der Waals surface area contributed by atoms with E-state index in [0.717, 1.165) is 22.4 Å². The van der Waals surface area contributed by atoms with Gasteiger partial charge in [0.15, 0.2) is 5.96 Å². The molecule has 0 spiro atoms. The summed E-state index contributed by atoms with van der Waals surface area (Å²) in [5.41, 5.74) is 2.78. The summed E-state index contributed by atoms with van der Waals surface area (Å²) in [5, 5.41) is 17.1. The molecule has 2 rings (SSSR count). The number of benzene rings is 2. The average molecular weight is 376 g/mol. The lowest BCUT2D eigenvalue weighted by Gasteiger charge is -2.14. The van der Waals surface area contributed by atoms with E-state index in [1.165, 1.54) is 18.2 Å². The Balaban J connectivity index is 1.96. The van der Waals surface area contributed by atoms with Gasteiger partial charge in [-0.2, -0.15) is 11.8 Å². The summed E-state index contributed by atoms with van der Waals surface area (Å²) in [5.74, 6) is 1.05. The molecule has 0 saturated heterocycles. The zero-order chi connectivity index (χ0) is 18.9. The molecular formula is C18H21FN4O2S. The lowest BCUT2D eigenvalue weighted by molar-refractivity contribution is -0.384. The first-order valence-corrected chi connectivity index (χ1v) is 9.37. The molecule has 26 heavy (non-hydrogen) atoms. The van der Waals surface area contributed by atoms with E-state index in [4.69, 9.17) is 0 Å². The van der Waals surface area contributed by atoms with Crippen LogP contribution in [0.3, 0.4) is 0 Å². The number of non-ortho nitro benzene ring substituents is 1. The SMILES string of the molecule is CN=C(NCc1cccc([N+](=O)[O-])c1)NCc1ccc(F)cc1CSC. The van der Waals surface area contributed by atoms with Gasteiger partial charge in [0, 0.05) is 38.0 Å². The highest BCUT2D eigenvalue weighted by Gasteiger charge is 2.08. The third-order valence-corrected chi connectivity index (χ3v) is 4.32. The standard InChI is InChI=1S/C18H21FN4O2S/c1-20-18(21-10-13-4-3-5-17(8-13)23(24)25)22-11-14-6-7-16(19)9-15(14)12-26-2/h3-9H,10-12H2,1-2H3,(H2,20,21,22). The van der Waals surface area contributed by atoms with E-state index in [-0.39, 0.29) is 11.5 Å². The van der Waals surface area contributed by atoms with Crippen molar-refractivity contribution in [3.63, 3.8) is 0 Å². The molecule has 0 radical (unpaired) electrons. The molecule has 2 aromatic carbocycles. The minimum atomic E-state index is -0.418. The third-order valence-electron chi connectivity index (χ3n) is 3.72. The first-order valence-electron chi connectivity index (χ1n) is 7.97. The summed E-state index contributed by atoms with van der Waals surface area (Å²) in [4.78, 5) is 14.6. The predicted molar refractivity (Wildman–Crippen MR) is 104 cm³/mol. The van der Waals surface area contributed by atoms with Crippen molar-refractivity contribution in [2.75, 3.05) is 13.3 Å². The number of aliphatic imine (C=N–C) groups is 1. The molecule has 0 amide bonds. The number of nitrogens with zero attached hydrogens (tertiary/aromatic N) is 2. The maximum absolute atomic E-state index is 13.4. The molecule has 0 aromatic heterocycles. The van der Waals surface area contributed by atoms with Gasteiger partial charge in [-0.05, 0) is 35.1 Å². The summed E-state index contributed by atoms with van der Waals surface area (Å²) in [6.45, 7) is 0.910. The van der Waals surface area contributed by atoms with Gasteiger partial charge in [0.05, 0.1) is 4.92 Å². The van der Waals surface area contributed by atoms with Crippen molar-refractivity contribution in [2.45, 2.75) is 18.8 Å². The van der Waals surface area contributed by atoms with Gasteiger partial charge >= 0.3 is 0 Å². The molecule has 2 aromatic rings. The van der Waals surface area contributed by atoms with E-state index in [1.807, 2.05) is 12.3 Å². The Bertz CT molecular complexity index is 799. The second-order valence-electron chi connectivity index (χ2n) is 5.55. The van der Waals surface area contributed by atoms with Crippen molar-refractivity contribution >= 4 is 23.4 Å². The maximum Gasteiger partial charge on any atom is 0.269 e. The lowest BCUT2D eigenvalue weighted by atomic mass is 10.1. The number of nitrogens with one attached hydrogen (secondary N) is 2. The Morgan fingerprint density at radius 2 is 1.96 bits per heavy atom. The van der Waals surface area contributed by atoms with Crippen LogP contribution in [0.2, 0.25) is 0 Å². The maximum atomic E-state index is 13.4. The number of halogens is 1. The van der Waals surface area contributed by atoms with Gasteiger partial charge in [-0.3, -0.25) is 15.1 Å². The van der Waals surface area contributed by atoms with Crippen LogP contribution in [-0.4, -0.2) is 24.2 Å². The summed E-state index contributed by atoms with van der Waals surface area (Å²) in [7, 11) is 1.65. The molecule has 0 bridgehead atoms. The van der Waals surface area contributed by atoms with Gasteiger partial charge in [0.1, 0.15) is 5.82 Å². The van der Waals surface area contributed by atoms with Crippen molar-refractivity contribution < 1.29 is 9.31 Å². The number of guanidine groups is 1. The average Bonchev–Trinajstić information content (AvgIpc) is 2.63. The molecule has 0 aliphatic carbocycles. The van der Waals surface area contributed by atoms with Crippen LogP contribution >= 0.6 is 11.8 Å². The Kier molecular flexibility index (Phi) is 7.40. The van der Waals surface area contributed by atoms with Crippen LogP contribution in [0.15, 0.2) is 47.5 Å². The normalized spacial score (nSPS) is 11.3. The number of nitro benzene ring substituents is 1. The number of hydrogen-bond acceptors (Lipinski definition) is 4. The summed E-state index contributed by atoms with van der Waals surface area (Å²) < 4.78 is 13.4. The lowest BCUT2D eigenvalue weighted by Crippen LogP contribution is -2.36. The number of hydrogen-bond donors (Lipinski definition) is 2. The second-order valence-corrected chi connectivity index (χ2v) is 6.42. The molecule has 0 saturated carbocycles. The molecule has 0 aliphatic rings. The third kappa shape index (κ3) is 5.73. The molecule has 6 nitrogen and oxygen atoms in total. The van der Waals surface area contributed by atoms with Gasteiger partial charge in [-0.25, -0.2) is 4.39 Å². The van der Waals surface area contributed by atoms with Crippen molar-refractivity contribution in [1.29, 1.82) is 0 Å². The van der Waals surface area contributed by atoms with Crippen molar-refractivity contribution in [3.05, 3.63) is 75.1 Å². The minimum Gasteiger partial charge on any atom is -0.352 e. The van der Waals surface area contributed by atoms with Gasteiger partial charge in [0.2, 0.25) is 0 Å². The van der Waals surface area contributed by atoms with Gasteiger partial charge in [-0.15, -0.1) is 0 Å². The van der Waals surface area contributed by atoms with E-state index >= 15 is 0 Å². The van der Waals surface area contributed by atoms with E-state index in [1.54, 1.807) is 37.0 Å². The molecule has 0 fully saturated rings. The fourth-order valence-electron chi connectivity index (χ4n) is 2.42. The van der Waals surface area contributed by atoms with E-state index in [9.17, 15) is 14.5 Å². The Morgan fingerprint density at radius 3 is 2.65 bits per heavy atom. The first kappa shape index (κ1) is 19.7. The largest absolute Gasteiger partial charge is 0.352 e. The highest BCUT2D eigenvalue weighted by molar-refractivity contribution is 7.97. The summed E-state index contributed by atoms with van der Waals surface area (Å²) >= 11 is 1.63. The summed E-state index contributed by atoms with van der Waals surface area (Å²) in [6.07, 6.45) is 1.97. The minimum absolute atomic E-state index is 0.0558. The molecule has 0 aliphatic heterocycles. The number of thioether (sulfide) groups is 1. The van der Waals surface area contributed by atoms with E-state index < -0.39 is 4.92 Å². The van der Waals surface area contributed by atoms with Crippen LogP contribution < -0.4 is 10.6 Å². The fourth-order valence-corrected chi connectivity index (χ4v) is 3.00. The van der Waals surface area contributed by atoms with Crippen molar-refractivity contribution in [3.8, 4) is 0 Å². The van der Waals surface area contributed by atoms with Crippen LogP contribution in [0.1, 0.15) is 16.7 Å². The van der Waals surface area contributed by atoms with Gasteiger partial charge in [0.25, 0.3) is 5.69 Å². The topological polar surface area (TPSA) is 79.6 Å². The zero-order valence-corrected chi connectivity index (χ0v) is 15.5. The van der Waals surface area contributed by atoms with E-state index in [2.05, 4.69) is 15.6 Å². The zero-order valence-electron chi connectivity index (χ0n) is 14.7. The number of rotatable bonds is 7. The van der Waals surface area contributed by atoms with E-state index in [0.29, 0.717) is 19.0 Å².